The fourth-order valence-electron chi connectivity index (χ4n) is 3.24. The third-order valence-corrected chi connectivity index (χ3v) is 4.83. The Kier molecular flexibility index (Phi) is 5.74. The van der Waals surface area contributed by atoms with Gasteiger partial charge in [-0.05, 0) is 30.7 Å². The predicted octanol–water partition coefficient (Wildman–Crippen LogP) is 4.25. The van der Waals surface area contributed by atoms with E-state index < -0.39 is 23.4 Å². The normalized spacial score (nSPS) is 16.2. The Balaban J connectivity index is 1.89. The van der Waals surface area contributed by atoms with Gasteiger partial charge in [-0.1, -0.05) is 17.7 Å². The van der Waals surface area contributed by atoms with Crippen molar-refractivity contribution in [3.63, 3.8) is 0 Å². The van der Waals surface area contributed by atoms with Gasteiger partial charge in [0.2, 0.25) is 0 Å². The molecular formula is C20H17ClF3N3O. The summed E-state index contributed by atoms with van der Waals surface area (Å²) in [5, 5.41) is 11.2. The first kappa shape index (κ1) is 19.9. The maximum Gasteiger partial charge on any atom is 0.258 e. The van der Waals surface area contributed by atoms with Crippen LogP contribution in [-0.2, 0) is 0 Å². The van der Waals surface area contributed by atoms with Crippen molar-refractivity contribution in [1.29, 1.82) is 5.41 Å². The summed E-state index contributed by atoms with van der Waals surface area (Å²) in [5.74, 6) is -2.78. The first-order valence-corrected chi connectivity index (χ1v) is 8.88. The van der Waals surface area contributed by atoms with Gasteiger partial charge in [-0.25, -0.2) is 13.2 Å². The van der Waals surface area contributed by atoms with Crippen molar-refractivity contribution < 1.29 is 18.0 Å². The molecule has 3 rings (SSSR count). The summed E-state index contributed by atoms with van der Waals surface area (Å²) in [6.45, 7) is 0.145. The van der Waals surface area contributed by atoms with E-state index >= 15 is 0 Å². The number of carbonyl (C=O) groups is 1. The smallest absolute Gasteiger partial charge is 0.258 e. The number of hydrogen-bond donors (Lipinski definition) is 2. The number of nitrogens with one attached hydrogen (secondary N) is 2. The van der Waals surface area contributed by atoms with Crippen LogP contribution in [0.1, 0.15) is 22.3 Å². The van der Waals surface area contributed by atoms with Crippen LogP contribution >= 0.6 is 11.6 Å². The lowest BCUT2D eigenvalue weighted by Gasteiger charge is -2.31. The highest BCUT2D eigenvalue weighted by Gasteiger charge is 2.28. The number of halogens is 4. The summed E-state index contributed by atoms with van der Waals surface area (Å²) in [5.41, 5.74) is 1.10. The molecule has 1 amide bonds. The van der Waals surface area contributed by atoms with E-state index in [1.807, 2.05) is 0 Å². The minimum absolute atomic E-state index is 0.00372. The average molecular weight is 408 g/mol. The zero-order valence-electron chi connectivity index (χ0n) is 15.0. The Labute approximate surface area is 165 Å². The first-order chi connectivity index (χ1) is 13.3. The van der Waals surface area contributed by atoms with Gasteiger partial charge < -0.3 is 15.6 Å². The fraction of sp³-hybridized carbons (Fsp3) is 0.200. The number of piperidine rings is 1. The zero-order valence-corrected chi connectivity index (χ0v) is 15.7. The van der Waals surface area contributed by atoms with Crippen LogP contribution in [0.3, 0.4) is 0 Å². The Morgan fingerprint density at radius 1 is 1.18 bits per heavy atom. The Morgan fingerprint density at radius 3 is 2.43 bits per heavy atom. The molecule has 0 bridgehead atoms. The van der Waals surface area contributed by atoms with E-state index in [-0.39, 0.29) is 41.4 Å². The van der Waals surface area contributed by atoms with E-state index in [1.165, 1.54) is 29.2 Å². The Morgan fingerprint density at radius 2 is 1.86 bits per heavy atom. The molecule has 2 aromatic rings. The van der Waals surface area contributed by atoms with Crippen LogP contribution in [0.2, 0.25) is 5.02 Å². The molecule has 0 spiro atoms. The van der Waals surface area contributed by atoms with Crippen LogP contribution in [0.15, 0.2) is 42.0 Å². The van der Waals surface area contributed by atoms with E-state index in [9.17, 15) is 18.0 Å². The van der Waals surface area contributed by atoms with E-state index in [4.69, 9.17) is 17.0 Å². The molecular weight excluding hydrogens is 391 g/mol. The molecule has 1 fully saturated rings. The molecule has 2 N–H and O–H groups in total. The van der Waals surface area contributed by atoms with Crippen LogP contribution < -0.4 is 5.32 Å². The summed E-state index contributed by atoms with van der Waals surface area (Å²) in [7, 11) is 1.59. The fourth-order valence-corrected chi connectivity index (χ4v) is 3.48. The summed E-state index contributed by atoms with van der Waals surface area (Å²) in [6, 6.07) is 7.10. The molecule has 28 heavy (non-hydrogen) atoms. The first-order valence-electron chi connectivity index (χ1n) is 8.50. The van der Waals surface area contributed by atoms with Crippen molar-refractivity contribution in [1.82, 2.24) is 10.2 Å². The SMILES string of the molecule is CN/C(=C1/CCN(C(=O)c2c(F)cccc2Cl)CC1=N)c1cc(F)cc(F)c1. The van der Waals surface area contributed by atoms with Crippen molar-refractivity contribution in [3.8, 4) is 0 Å². The van der Waals surface area contributed by atoms with Gasteiger partial charge in [-0.2, -0.15) is 0 Å². The molecule has 0 aliphatic carbocycles. The van der Waals surface area contributed by atoms with Gasteiger partial charge in [0.1, 0.15) is 17.5 Å². The van der Waals surface area contributed by atoms with Crippen LogP contribution in [0.4, 0.5) is 13.2 Å². The second kappa shape index (κ2) is 8.06. The maximum absolute atomic E-state index is 14.0. The topological polar surface area (TPSA) is 56.2 Å². The summed E-state index contributed by atoms with van der Waals surface area (Å²) >= 11 is 5.96. The highest BCUT2D eigenvalue weighted by atomic mass is 35.5. The Bertz CT molecular complexity index is 950. The minimum Gasteiger partial charge on any atom is -0.387 e. The summed E-state index contributed by atoms with van der Waals surface area (Å²) in [4.78, 5) is 14.0. The van der Waals surface area contributed by atoms with E-state index in [1.54, 1.807) is 7.05 Å². The zero-order chi connectivity index (χ0) is 20.4. The summed E-state index contributed by atoms with van der Waals surface area (Å²) in [6.07, 6.45) is 0.269. The third kappa shape index (κ3) is 3.89. The van der Waals surface area contributed by atoms with Crippen LogP contribution in [-0.4, -0.2) is 36.7 Å². The second-order valence-corrected chi connectivity index (χ2v) is 6.72. The van der Waals surface area contributed by atoms with Crippen LogP contribution in [0.25, 0.3) is 5.70 Å². The lowest BCUT2D eigenvalue weighted by Crippen LogP contribution is -2.42. The molecule has 1 aliphatic heterocycles. The van der Waals surface area contributed by atoms with Gasteiger partial charge in [0, 0.05) is 36.5 Å². The number of rotatable bonds is 3. The molecule has 8 heteroatoms. The standard InChI is InChI=1S/C20H17ClF3N3O/c1-26-19(11-7-12(22)9-13(23)8-11)14-5-6-27(10-17(14)25)20(28)18-15(21)3-2-4-16(18)24/h2-4,7-9,25-26H,5-6,10H2,1H3/b19-14-,25-17?. The average Bonchev–Trinajstić information content (AvgIpc) is 2.62. The monoisotopic (exact) mass is 407 g/mol. The molecule has 1 heterocycles. The largest absolute Gasteiger partial charge is 0.387 e. The van der Waals surface area contributed by atoms with E-state index in [0.29, 0.717) is 11.3 Å². The predicted molar refractivity (Wildman–Crippen MR) is 102 cm³/mol. The van der Waals surface area contributed by atoms with Gasteiger partial charge in [0.05, 0.1) is 22.8 Å². The van der Waals surface area contributed by atoms with Crippen molar-refractivity contribution in [2.75, 3.05) is 20.1 Å². The lowest BCUT2D eigenvalue weighted by molar-refractivity contribution is 0.0771. The third-order valence-electron chi connectivity index (χ3n) is 4.51. The van der Waals surface area contributed by atoms with Gasteiger partial charge in [-0.15, -0.1) is 0 Å². The second-order valence-electron chi connectivity index (χ2n) is 6.31. The molecule has 146 valence electrons. The highest BCUT2D eigenvalue weighted by molar-refractivity contribution is 6.34. The van der Waals surface area contributed by atoms with Crippen LogP contribution in [0, 0.1) is 22.9 Å². The number of hydrogen-bond acceptors (Lipinski definition) is 3. The number of likely N-dealkylation sites (tertiary alicyclic amines) is 1. The maximum atomic E-state index is 14.0. The molecule has 0 saturated carbocycles. The number of amides is 1. The molecule has 0 unspecified atom stereocenters. The molecule has 0 radical (unpaired) electrons. The molecule has 1 saturated heterocycles. The van der Waals surface area contributed by atoms with Gasteiger partial charge in [0.25, 0.3) is 5.91 Å². The van der Waals surface area contributed by atoms with Crippen molar-refractivity contribution in [2.24, 2.45) is 0 Å². The van der Waals surface area contributed by atoms with Crippen molar-refractivity contribution in [2.45, 2.75) is 6.42 Å². The minimum atomic E-state index is -0.725. The lowest BCUT2D eigenvalue weighted by atomic mass is 9.95. The highest BCUT2D eigenvalue weighted by Crippen LogP contribution is 2.27. The van der Waals surface area contributed by atoms with E-state index in [0.717, 1.165) is 12.1 Å². The number of benzene rings is 2. The molecule has 1 aliphatic rings. The van der Waals surface area contributed by atoms with Crippen LogP contribution in [0.5, 0.6) is 0 Å². The molecule has 0 aromatic heterocycles. The quantitative estimate of drug-likeness (QED) is 0.799. The van der Waals surface area contributed by atoms with Gasteiger partial charge >= 0.3 is 0 Å². The molecule has 2 aromatic carbocycles. The molecule has 4 nitrogen and oxygen atoms in total. The van der Waals surface area contributed by atoms with E-state index in [2.05, 4.69) is 5.32 Å². The van der Waals surface area contributed by atoms with Crippen molar-refractivity contribution in [3.05, 3.63) is 75.6 Å². The van der Waals surface area contributed by atoms with Gasteiger partial charge in [-0.3, -0.25) is 4.79 Å². The summed E-state index contributed by atoms with van der Waals surface area (Å²) < 4.78 is 41.2. The van der Waals surface area contributed by atoms with Crippen molar-refractivity contribution >= 4 is 28.9 Å². The Hall–Kier alpha value is -2.80. The van der Waals surface area contributed by atoms with Gasteiger partial charge in [0.15, 0.2) is 0 Å². The number of carbonyl (C=O) groups excluding carboxylic acids is 1. The molecule has 0 atom stereocenters. The number of nitrogens with zero attached hydrogens (tertiary/aromatic N) is 1.